The fourth-order valence-electron chi connectivity index (χ4n) is 4.80. The highest BCUT2D eigenvalue weighted by Gasteiger charge is 2.43. The third-order valence-electron chi connectivity index (χ3n) is 6.59. The first-order chi connectivity index (χ1) is 17.2. The van der Waals surface area contributed by atoms with E-state index < -0.39 is 0 Å². The second kappa shape index (κ2) is 8.27. The van der Waals surface area contributed by atoms with Gasteiger partial charge in [0.15, 0.2) is 11.8 Å². The van der Waals surface area contributed by atoms with Gasteiger partial charge in [0.2, 0.25) is 0 Å². The highest BCUT2D eigenvalue weighted by atomic mass is 35.5. The summed E-state index contributed by atoms with van der Waals surface area (Å²) in [6.45, 7) is 1.19. The lowest BCUT2D eigenvalue weighted by atomic mass is 10.0. The zero-order valence-corrected chi connectivity index (χ0v) is 19.3. The predicted molar refractivity (Wildman–Crippen MR) is 131 cm³/mol. The van der Waals surface area contributed by atoms with E-state index >= 15 is 0 Å². The highest BCUT2D eigenvalue weighted by Crippen LogP contribution is 2.33. The number of hydrogen-bond acceptors (Lipinski definition) is 7. The number of benzene rings is 2. The molecule has 0 spiro atoms. The van der Waals surface area contributed by atoms with Crippen LogP contribution in [0.4, 0.5) is 0 Å². The molecule has 9 heteroatoms. The minimum atomic E-state index is -0.188. The maximum Gasteiger partial charge on any atom is 0.296 e. The van der Waals surface area contributed by atoms with Gasteiger partial charge in [-0.3, -0.25) is 0 Å². The summed E-state index contributed by atoms with van der Waals surface area (Å²) < 4.78 is 17.6. The molecule has 2 fully saturated rings. The first kappa shape index (κ1) is 20.8. The fraction of sp³-hybridized carbons (Fsp3) is 0.231. The average Bonchev–Trinajstić information content (AvgIpc) is 3.60. The normalized spacial score (nSPS) is 21.6. The third kappa shape index (κ3) is 3.70. The van der Waals surface area contributed by atoms with Gasteiger partial charge in [0.05, 0.1) is 34.5 Å². The first-order valence-corrected chi connectivity index (χ1v) is 11.9. The lowest BCUT2D eigenvalue weighted by Gasteiger charge is -2.15. The van der Waals surface area contributed by atoms with E-state index in [1.165, 1.54) is 0 Å². The molecule has 2 aromatic carbocycles. The van der Waals surface area contributed by atoms with E-state index in [1.807, 2.05) is 30.5 Å². The molecule has 0 saturated carbocycles. The smallest absolute Gasteiger partial charge is 0.296 e. The van der Waals surface area contributed by atoms with Gasteiger partial charge in [-0.1, -0.05) is 48.0 Å². The second-order valence-electron chi connectivity index (χ2n) is 8.76. The van der Waals surface area contributed by atoms with Gasteiger partial charge in [-0.15, -0.1) is 0 Å². The number of ether oxygens (including phenoxy) is 3. The monoisotopic (exact) mass is 485 g/mol. The van der Waals surface area contributed by atoms with Gasteiger partial charge in [-0.05, 0) is 29.7 Å². The Morgan fingerprint density at radius 2 is 1.83 bits per heavy atom. The zero-order valence-electron chi connectivity index (χ0n) is 18.5. The van der Waals surface area contributed by atoms with Crippen LogP contribution in [0, 0.1) is 0 Å². The molecule has 8 nitrogen and oxygen atoms in total. The van der Waals surface area contributed by atoms with Gasteiger partial charge < -0.3 is 19.2 Å². The maximum absolute atomic E-state index is 6.61. The Morgan fingerprint density at radius 1 is 0.971 bits per heavy atom. The molecule has 0 aliphatic carbocycles. The van der Waals surface area contributed by atoms with E-state index in [1.54, 1.807) is 6.33 Å². The molecule has 5 aromatic rings. The van der Waals surface area contributed by atoms with E-state index in [0.717, 1.165) is 34.0 Å². The third-order valence-corrected chi connectivity index (χ3v) is 6.88. The molecular formula is C26H20ClN5O3. The molecule has 0 radical (unpaired) electrons. The standard InChI is InChI=1S/C26H20ClN5O3/c27-18-10-20-25(32-26(30-20)35-22-12-34-21-7-8-33-24(21)22)31-23(18)15-3-1-14(2-4-15)16-5-6-17-11-28-13-29-19(17)9-16/h1-6,9-11,13,21-22,24H,7-8,12H2,(H,30,31,32)/t21-,22?,24+/m1/s1. The van der Waals surface area contributed by atoms with Gasteiger partial charge >= 0.3 is 0 Å². The van der Waals surface area contributed by atoms with Crippen LogP contribution in [0.2, 0.25) is 5.02 Å². The lowest BCUT2D eigenvalue weighted by molar-refractivity contribution is 0.0273. The highest BCUT2D eigenvalue weighted by molar-refractivity contribution is 6.33. The van der Waals surface area contributed by atoms with E-state index in [9.17, 15) is 0 Å². The summed E-state index contributed by atoms with van der Waals surface area (Å²) in [5, 5.41) is 1.54. The van der Waals surface area contributed by atoms with Gasteiger partial charge in [0.1, 0.15) is 12.4 Å². The number of nitrogens with zero attached hydrogens (tertiary/aromatic N) is 4. The van der Waals surface area contributed by atoms with Gasteiger partial charge in [0.25, 0.3) is 6.01 Å². The summed E-state index contributed by atoms with van der Waals surface area (Å²) in [7, 11) is 0. The van der Waals surface area contributed by atoms with Crippen molar-refractivity contribution in [2.45, 2.75) is 24.7 Å². The molecule has 0 bridgehead atoms. The largest absolute Gasteiger partial charge is 0.456 e. The topological polar surface area (TPSA) is 95.0 Å². The van der Waals surface area contributed by atoms with E-state index in [0.29, 0.717) is 41.1 Å². The summed E-state index contributed by atoms with van der Waals surface area (Å²) in [6, 6.07) is 16.5. The Labute approximate surface area is 205 Å². The molecule has 2 saturated heterocycles. The fourth-order valence-corrected chi connectivity index (χ4v) is 5.06. The Bertz CT molecular complexity index is 1550. The summed E-state index contributed by atoms with van der Waals surface area (Å²) >= 11 is 6.61. The molecule has 7 rings (SSSR count). The minimum Gasteiger partial charge on any atom is -0.456 e. The number of aromatic nitrogens is 5. The molecular weight excluding hydrogens is 466 g/mol. The molecule has 1 N–H and O–H groups in total. The number of fused-ring (bicyclic) bond motifs is 3. The van der Waals surface area contributed by atoms with Crippen LogP contribution in [0.5, 0.6) is 6.01 Å². The summed E-state index contributed by atoms with van der Waals surface area (Å²) in [4.78, 5) is 20.8. The molecule has 35 heavy (non-hydrogen) atoms. The van der Waals surface area contributed by atoms with Gasteiger partial charge in [-0.25, -0.2) is 15.0 Å². The molecule has 2 aliphatic heterocycles. The summed E-state index contributed by atoms with van der Waals surface area (Å²) in [5.41, 5.74) is 5.89. The number of rotatable bonds is 4. The SMILES string of the molecule is Clc1cc2[nH]c(OC3CO[C@@H]4CCO[C@H]34)nc2nc1-c1ccc(-c2ccc3cncnc3c2)cc1. The zero-order chi connectivity index (χ0) is 23.4. The summed E-state index contributed by atoms with van der Waals surface area (Å²) in [6.07, 6.45) is 4.14. The molecule has 3 aromatic heterocycles. The van der Waals surface area contributed by atoms with Crippen LogP contribution >= 0.6 is 11.6 Å². The van der Waals surface area contributed by atoms with Crippen molar-refractivity contribution in [3.8, 4) is 28.4 Å². The van der Waals surface area contributed by atoms with E-state index in [4.69, 9.17) is 30.8 Å². The van der Waals surface area contributed by atoms with E-state index in [2.05, 4.69) is 44.2 Å². The Balaban J connectivity index is 1.16. The van der Waals surface area contributed by atoms with Crippen LogP contribution in [0.15, 0.2) is 61.1 Å². The average molecular weight is 486 g/mol. The molecule has 3 atom stereocenters. The van der Waals surface area contributed by atoms with Crippen LogP contribution in [-0.4, -0.2) is 56.4 Å². The number of H-pyrrole nitrogens is 1. The second-order valence-corrected chi connectivity index (χ2v) is 9.16. The molecule has 1 unspecified atom stereocenters. The van der Waals surface area contributed by atoms with Crippen LogP contribution in [0.3, 0.4) is 0 Å². The Kier molecular flexibility index (Phi) is 4.90. The van der Waals surface area contributed by atoms with Crippen molar-refractivity contribution in [3.63, 3.8) is 0 Å². The van der Waals surface area contributed by atoms with Crippen molar-refractivity contribution in [1.29, 1.82) is 0 Å². The number of halogens is 1. The van der Waals surface area contributed by atoms with Crippen molar-refractivity contribution in [1.82, 2.24) is 24.9 Å². The van der Waals surface area contributed by atoms with Gasteiger partial charge in [0, 0.05) is 23.8 Å². The van der Waals surface area contributed by atoms with Crippen LogP contribution in [0.1, 0.15) is 6.42 Å². The molecule has 2 aliphatic rings. The minimum absolute atomic E-state index is 0.0520. The van der Waals surface area contributed by atoms with Crippen LogP contribution < -0.4 is 4.74 Å². The van der Waals surface area contributed by atoms with Crippen molar-refractivity contribution < 1.29 is 14.2 Å². The van der Waals surface area contributed by atoms with Crippen molar-refractivity contribution >= 4 is 33.7 Å². The predicted octanol–water partition coefficient (Wildman–Crippen LogP) is 4.82. The van der Waals surface area contributed by atoms with E-state index in [-0.39, 0.29) is 18.3 Å². The lowest BCUT2D eigenvalue weighted by Crippen LogP contribution is -2.32. The number of pyridine rings is 1. The van der Waals surface area contributed by atoms with Crippen molar-refractivity contribution in [2.75, 3.05) is 13.2 Å². The molecule has 0 amide bonds. The van der Waals surface area contributed by atoms with Gasteiger partial charge in [-0.2, -0.15) is 4.98 Å². The number of imidazole rings is 1. The summed E-state index contributed by atoms with van der Waals surface area (Å²) in [5.74, 6) is 0. The van der Waals surface area contributed by atoms with Crippen LogP contribution in [0.25, 0.3) is 44.5 Å². The maximum atomic E-state index is 6.61. The number of nitrogens with one attached hydrogen (secondary N) is 1. The quantitative estimate of drug-likeness (QED) is 0.389. The Hall–Kier alpha value is -3.59. The number of aromatic amines is 1. The molecule has 174 valence electrons. The Morgan fingerprint density at radius 3 is 2.74 bits per heavy atom. The first-order valence-electron chi connectivity index (χ1n) is 11.5. The van der Waals surface area contributed by atoms with Crippen molar-refractivity contribution in [2.24, 2.45) is 0 Å². The van der Waals surface area contributed by atoms with Crippen LogP contribution in [-0.2, 0) is 9.47 Å². The van der Waals surface area contributed by atoms with Crippen molar-refractivity contribution in [3.05, 3.63) is 66.1 Å². The number of hydrogen-bond donors (Lipinski definition) is 1. The molecule has 5 heterocycles.